The van der Waals surface area contributed by atoms with E-state index in [1.54, 1.807) is 0 Å². The molecule has 18 heavy (non-hydrogen) atoms. The minimum atomic E-state index is 0.265. The van der Waals surface area contributed by atoms with Crippen LogP contribution in [-0.4, -0.2) is 75.2 Å². The Bertz CT molecular complexity index is 261. The highest BCUT2D eigenvalue weighted by Crippen LogP contribution is 2.16. The fourth-order valence-electron chi connectivity index (χ4n) is 2.54. The van der Waals surface area contributed by atoms with Gasteiger partial charge in [0, 0.05) is 39.4 Å². The van der Waals surface area contributed by atoms with Gasteiger partial charge < -0.3 is 15.0 Å². The molecule has 2 aliphatic rings. The van der Waals surface area contributed by atoms with Gasteiger partial charge in [0.15, 0.2) is 0 Å². The molecule has 0 aromatic carbocycles. The molecule has 1 N–H and O–H groups in total. The first-order valence-electron chi connectivity index (χ1n) is 7.00. The van der Waals surface area contributed by atoms with Gasteiger partial charge >= 0.3 is 0 Å². The van der Waals surface area contributed by atoms with Crippen LogP contribution in [0.1, 0.15) is 12.8 Å². The van der Waals surface area contributed by atoms with Crippen molar-refractivity contribution in [1.82, 2.24) is 15.1 Å². The predicted molar refractivity (Wildman–Crippen MR) is 70.5 cm³/mol. The number of ether oxygens (including phenoxy) is 1. The lowest BCUT2D eigenvalue weighted by Crippen LogP contribution is -2.49. The number of likely N-dealkylation sites (N-methyl/N-ethyl adjacent to an activating group) is 1. The lowest BCUT2D eigenvalue weighted by molar-refractivity contribution is -0.132. The van der Waals surface area contributed by atoms with Gasteiger partial charge in [-0.05, 0) is 32.4 Å². The molecule has 0 saturated carbocycles. The van der Waals surface area contributed by atoms with E-state index < -0.39 is 0 Å². The zero-order chi connectivity index (χ0) is 12.8. The van der Waals surface area contributed by atoms with E-state index in [2.05, 4.69) is 10.2 Å². The number of hydrogen-bond donors (Lipinski definition) is 1. The first-order valence-corrected chi connectivity index (χ1v) is 7.00. The van der Waals surface area contributed by atoms with Crippen LogP contribution in [0.4, 0.5) is 0 Å². The van der Waals surface area contributed by atoms with E-state index in [9.17, 15) is 4.79 Å². The third-order valence-electron chi connectivity index (χ3n) is 3.82. The Kier molecular flexibility index (Phi) is 5.41. The van der Waals surface area contributed by atoms with Crippen molar-refractivity contribution in [3.05, 3.63) is 0 Å². The van der Waals surface area contributed by atoms with Crippen LogP contribution in [0.5, 0.6) is 0 Å². The molecular formula is C13H25N3O2. The molecule has 0 radical (unpaired) electrons. The smallest absolute Gasteiger partial charge is 0.236 e. The van der Waals surface area contributed by atoms with Crippen molar-refractivity contribution >= 4 is 5.91 Å². The molecule has 5 nitrogen and oxygen atoms in total. The van der Waals surface area contributed by atoms with Crippen LogP contribution in [-0.2, 0) is 9.53 Å². The number of rotatable bonds is 5. The van der Waals surface area contributed by atoms with Gasteiger partial charge in [-0.2, -0.15) is 0 Å². The molecule has 2 aliphatic heterocycles. The van der Waals surface area contributed by atoms with Crippen LogP contribution in [0, 0.1) is 5.92 Å². The van der Waals surface area contributed by atoms with Crippen LogP contribution in [0.2, 0.25) is 0 Å². The van der Waals surface area contributed by atoms with E-state index in [1.165, 1.54) is 6.42 Å². The normalized spacial score (nSPS) is 24.8. The summed E-state index contributed by atoms with van der Waals surface area (Å²) < 4.78 is 5.37. The van der Waals surface area contributed by atoms with Crippen LogP contribution in [0.3, 0.4) is 0 Å². The molecule has 5 heteroatoms. The van der Waals surface area contributed by atoms with Gasteiger partial charge in [-0.1, -0.05) is 0 Å². The first kappa shape index (κ1) is 13.8. The zero-order valence-electron chi connectivity index (χ0n) is 11.4. The van der Waals surface area contributed by atoms with Crippen molar-refractivity contribution in [3.8, 4) is 0 Å². The Balaban J connectivity index is 1.62. The second-order valence-corrected chi connectivity index (χ2v) is 5.39. The van der Waals surface area contributed by atoms with E-state index in [0.717, 1.165) is 52.4 Å². The van der Waals surface area contributed by atoms with E-state index in [0.29, 0.717) is 12.5 Å². The number of amides is 1. The predicted octanol–water partition coefficient (Wildman–Crippen LogP) is -0.223. The largest absolute Gasteiger partial charge is 0.381 e. The molecule has 1 atom stereocenters. The maximum Gasteiger partial charge on any atom is 0.236 e. The minimum Gasteiger partial charge on any atom is -0.381 e. The van der Waals surface area contributed by atoms with Gasteiger partial charge in [0.05, 0.1) is 6.54 Å². The highest BCUT2D eigenvalue weighted by molar-refractivity contribution is 5.78. The number of hydrogen-bond acceptors (Lipinski definition) is 4. The molecule has 0 aliphatic carbocycles. The second-order valence-electron chi connectivity index (χ2n) is 5.39. The molecular weight excluding hydrogens is 230 g/mol. The molecule has 0 aromatic rings. The number of piperazine rings is 1. The Morgan fingerprint density at radius 1 is 1.44 bits per heavy atom. The minimum absolute atomic E-state index is 0.265. The summed E-state index contributed by atoms with van der Waals surface area (Å²) in [5.41, 5.74) is 0. The van der Waals surface area contributed by atoms with Crippen LogP contribution in [0.15, 0.2) is 0 Å². The quantitative estimate of drug-likeness (QED) is 0.737. The summed E-state index contributed by atoms with van der Waals surface area (Å²) in [6.45, 7) is 6.91. The zero-order valence-corrected chi connectivity index (χ0v) is 11.4. The Morgan fingerprint density at radius 3 is 2.89 bits per heavy atom. The Morgan fingerprint density at radius 2 is 2.22 bits per heavy atom. The fraction of sp³-hybridized carbons (Fsp3) is 0.923. The topological polar surface area (TPSA) is 44.8 Å². The summed E-state index contributed by atoms with van der Waals surface area (Å²) in [5, 5.41) is 3.26. The molecule has 0 aromatic heterocycles. The molecule has 2 rings (SSSR count). The number of nitrogens with zero attached hydrogens (tertiary/aromatic N) is 2. The maximum absolute atomic E-state index is 12.0. The van der Waals surface area contributed by atoms with Crippen LogP contribution >= 0.6 is 0 Å². The van der Waals surface area contributed by atoms with Gasteiger partial charge in [0.1, 0.15) is 0 Å². The maximum atomic E-state index is 12.0. The third-order valence-corrected chi connectivity index (χ3v) is 3.82. The Hall–Kier alpha value is -0.650. The summed E-state index contributed by atoms with van der Waals surface area (Å²) in [5.74, 6) is 0.961. The summed E-state index contributed by atoms with van der Waals surface area (Å²) >= 11 is 0. The molecule has 2 fully saturated rings. The van der Waals surface area contributed by atoms with Crippen LogP contribution < -0.4 is 5.32 Å². The molecule has 0 spiro atoms. The summed E-state index contributed by atoms with van der Waals surface area (Å²) in [6.07, 6.45) is 2.32. The molecule has 2 heterocycles. The lowest BCUT2D eigenvalue weighted by atomic mass is 10.1. The fourth-order valence-corrected chi connectivity index (χ4v) is 2.54. The number of carbonyl (C=O) groups excluding carboxylic acids is 1. The van der Waals surface area contributed by atoms with Gasteiger partial charge in [0.25, 0.3) is 0 Å². The van der Waals surface area contributed by atoms with Crippen molar-refractivity contribution in [2.75, 3.05) is 59.5 Å². The van der Waals surface area contributed by atoms with Crippen molar-refractivity contribution in [1.29, 1.82) is 0 Å². The molecule has 1 unspecified atom stereocenters. The Labute approximate surface area is 109 Å². The van der Waals surface area contributed by atoms with E-state index in [4.69, 9.17) is 4.74 Å². The van der Waals surface area contributed by atoms with Crippen molar-refractivity contribution < 1.29 is 9.53 Å². The van der Waals surface area contributed by atoms with Gasteiger partial charge in [0.2, 0.25) is 5.91 Å². The average Bonchev–Trinajstić information content (AvgIpc) is 2.90. The van der Waals surface area contributed by atoms with Crippen molar-refractivity contribution in [2.24, 2.45) is 5.92 Å². The van der Waals surface area contributed by atoms with Gasteiger partial charge in [-0.3, -0.25) is 9.69 Å². The first-order chi connectivity index (χ1) is 8.75. The molecule has 1 amide bonds. The monoisotopic (exact) mass is 255 g/mol. The van der Waals surface area contributed by atoms with Crippen molar-refractivity contribution in [2.45, 2.75) is 12.8 Å². The SMILES string of the molecule is CN(CCC1CCOC1)CC(=O)N1CCNCC1. The van der Waals surface area contributed by atoms with Gasteiger partial charge in [-0.25, -0.2) is 0 Å². The second kappa shape index (κ2) is 7.07. The van der Waals surface area contributed by atoms with Gasteiger partial charge in [-0.15, -0.1) is 0 Å². The van der Waals surface area contributed by atoms with E-state index in [1.807, 2.05) is 11.9 Å². The highest BCUT2D eigenvalue weighted by Gasteiger charge is 2.19. The van der Waals surface area contributed by atoms with Crippen molar-refractivity contribution in [3.63, 3.8) is 0 Å². The number of nitrogens with one attached hydrogen (secondary N) is 1. The molecule has 104 valence electrons. The summed E-state index contributed by atoms with van der Waals surface area (Å²) in [7, 11) is 2.04. The average molecular weight is 255 g/mol. The molecule has 2 saturated heterocycles. The van der Waals surface area contributed by atoms with E-state index >= 15 is 0 Å². The molecule has 0 bridgehead atoms. The standard InChI is InChI=1S/C13H25N3O2/c1-15(6-2-12-3-9-18-11-12)10-13(17)16-7-4-14-5-8-16/h12,14H,2-11H2,1H3. The summed E-state index contributed by atoms with van der Waals surface area (Å²) in [4.78, 5) is 16.1. The number of carbonyl (C=O) groups is 1. The third kappa shape index (κ3) is 4.23. The highest BCUT2D eigenvalue weighted by atomic mass is 16.5. The van der Waals surface area contributed by atoms with E-state index in [-0.39, 0.29) is 5.91 Å². The summed E-state index contributed by atoms with van der Waals surface area (Å²) in [6, 6.07) is 0. The van der Waals surface area contributed by atoms with Crippen LogP contribution in [0.25, 0.3) is 0 Å². The lowest BCUT2D eigenvalue weighted by Gasteiger charge is -2.29.